The molecule has 0 N–H and O–H groups in total. The zero-order valence-corrected chi connectivity index (χ0v) is 35.5. The van der Waals surface area contributed by atoms with Crippen molar-refractivity contribution in [3.8, 4) is 0 Å². The van der Waals surface area contributed by atoms with Gasteiger partial charge in [-0.05, 0) is 150 Å². The van der Waals surface area contributed by atoms with Gasteiger partial charge in [-0.25, -0.2) is 0 Å². The summed E-state index contributed by atoms with van der Waals surface area (Å²) in [6.45, 7) is 28.2. The Labute approximate surface area is 307 Å². The predicted octanol–water partition coefficient (Wildman–Crippen LogP) is 17.7. The van der Waals surface area contributed by atoms with E-state index in [4.69, 9.17) is 0 Å². The van der Waals surface area contributed by atoms with Crippen LogP contribution in [0.1, 0.15) is 249 Å². The van der Waals surface area contributed by atoms with Crippen molar-refractivity contribution in [3.63, 3.8) is 0 Å². The topological polar surface area (TPSA) is 0 Å². The van der Waals surface area contributed by atoms with Gasteiger partial charge in [-0.2, -0.15) is 0 Å². The minimum Gasteiger partial charge on any atom is -0.0999 e. The highest BCUT2D eigenvalue weighted by molar-refractivity contribution is 5.06. The van der Waals surface area contributed by atoms with Crippen LogP contribution in [0.3, 0.4) is 0 Å². The molecule has 8 fully saturated rings. The normalized spacial score (nSPS) is 28.7. The van der Waals surface area contributed by atoms with E-state index in [0.29, 0.717) is 0 Å². The smallest absolute Gasteiger partial charge is 0.0294 e. The average molecular weight is 671 g/mol. The SMILES string of the molecule is C1CC1.C1CC1.C1CCC2(C1)CCC(CC1CCC3(CCCC3)C1)C2.C=C1CCC(CC2CCC(=C)C2)C1.CC.CC.CC.CC.CC. The average Bonchev–Trinajstić information content (AvgIpc) is 3.97. The molecule has 0 aromatic carbocycles. The summed E-state index contributed by atoms with van der Waals surface area (Å²) in [5.74, 6) is 4.17. The molecule has 8 rings (SSSR count). The van der Waals surface area contributed by atoms with Crippen molar-refractivity contribution >= 4 is 0 Å². The molecule has 0 amide bonds. The van der Waals surface area contributed by atoms with Crippen LogP contribution in [0.4, 0.5) is 0 Å². The molecule has 286 valence electrons. The largest absolute Gasteiger partial charge is 0.0999 e. The first-order valence-corrected chi connectivity index (χ1v) is 22.8. The molecule has 0 aromatic heterocycles. The van der Waals surface area contributed by atoms with Crippen LogP contribution in [-0.4, -0.2) is 0 Å². The van der Waals surface area contributed by atoms with Crippen LogP contribution < -0.4 is 0 Å². The highest BCUT2D eigenvalue weighted by Gasteiger charge is 2.44. The molecule has 0 bridgehead atoms. The zero-order valence-electron chi connectivity index (χ0n) is 35.5. The lowest BCUT2D eigenvalue weighted by atomic mass is 9.80. The molecule has 0 radical (unpaired) electrons. The van der Waals surface area contributed by atoms with Crippen molar-refractivity contribution in [3.05, 3.63) is 24.3 Å². The first-order chi connectivity index (χ1) is 23.5. The third kappa shape index (κ3) is 19.8. The first-order valence-electron chi connectivity index (χ1n) is 22.8. The quantitative estimate of drug-likeness (QED) is 0.261. The second-order valence-electron chi connectivity index (χ2n) is 15.9. The second-order valence-corrected chi connectivity index (χ2v) is 15.9. The standard InChI is InChI=1S/C19H32.C13H20.2C3H6.5C2H6/c1-2-8-18(7-1)11-5-16(14-18)13-17-6-12-19(15-17)9-3-4-10-19;1-10-3-5-12(7-10)9-13-6-4-11(2)8-13;2*1-2-3-1;5*1-2/h16-17H,1-15H2;12-13H,1-9H2;2*1-3H2;5*1-2H3. The zero-order chi connectivity index (χ0) is 36.3. The van der Waals surface area contributed by atoms with Crippen molar-refractivity contribution in [1.82, 2.24) is 0 Å². The van der Waals surface area contributed by atoms with Gasteiger partial charge in [-0.15, -0.1) is 0 Å². The maximum absolute atomic E-state index is 4.08. The molecule has 0 aliphatic heterocycles. The molecule has 8 saturated carbocycles. The lowest BCUT2D eigenvalue weighted by Crippen LogP contribution is -2.14. The molecule has 48 heavy (non-hydrogen) atoms. The molecule has 8 aliphatic rings. The van der Waals surface area contributed by atoms with Crippen LogP contribution in [0.2, 0.25) is 0 Å². The third-order valence-corrected chi connectivity index (χ3v) is 11.9. The minimum atomic E-state index is 0.855. The Morgan fingerprint density at radius 3 is 0.938 bits per heavy atom. The van der Waals surface area contributed by atoms with Gasteiger partial charge in [0, 0.05) is 0 Å². The summed E-state index contributed by atoms with van der Waals surface area (Å²) in [5, 5.41) is 0. The van der Waals surface area contributed by atoms with E-state index in [1.807, 2.05) is 69.2 Å². The summed E-state index contributed by atoms with van der Waals surface area (Å²) >= 11 is 0. The van der Waals surface area contributed by atoms with E-state index in [9.17, 15) is 0 Å². The number of allylic oxidation sites excluding steroid dienone is 2. The molecule has 4 atom stereocenters. The Kier molecular flexibility index (Phi) is 28.8. The summed E-state index contributed by atoms with van der Waals surface area (Å²) in [7, 11) is 0. The van der Waals surface area contributed by atoms with E-state index in [1.165, 1.54) is 94.6 Å². The van der Waals surface area contributed by atoms with Gasteiger partial charge in [0.15, 0.2) is 0 Å². The van der Waals surface area contributed by atoms with Crippen molar-refractivity contribution in [1.29, 1.82) is 0 Å². The van der Waals surface area contributed by atoms with Gasteiger partial charge in [-0.1, -0.05) is 158 Å². The van der Waals surface area contributed by atoms with Crippen LogP contribution in [0.5, 0.6) is 0 Å². The van der Waals surface area contributed by atoms with Crippen LogP contribution >= 0.6 is 0 Å². The van der Waals surface area contributed by atoms with Crippen molar-refractivity contribution < 1.29 is 0 Å². The highest BCUT2D eigenvalue weighted by Crippen LogP contribution is 2.57. The molecular formula is C48H94. The van der Waals surface area contributed by atoms with Gasteiger partial charge < -0.3 is 0 Å². The van der Waals surface area contributed by atoms with E-state index >= 15 is 0 Å². The van der Waals surface area contributed by atoms with E-state index in [0.717, 1.165) is 34.5 Å². The monoisotopic (exact) mass is 671 g/mol. The molecule has 4 unspecified atom stereocenters. The minimum absolute atomic E-state index is 0.855. The predicted molar refractivity (Wildman–Crippen MR) is 223 cm³/mol. The van der Waals surface area contributed by atoms with E-state index in [-0.39, 0.29) is 0 Å². The Morgan fingerprint density at radius 2 is 0.688 bits per heavy atom. The Bertz CT molecular complexity index is 672. The molecule has 0 aromatic rings. The van der Waals surface area contributed by atoms with Crippen molar-refractivity contribution in [2.45, 2.75) is 249 Å². The molecule has 2 spiro atoms. The third-order valence-electron chi connectivity index (χ3n) is 11.9. The molecule has 0 saturated heterocycles. The molecule has 8 aliphatic carbocycles. The Balaban J connectivity index is 0.000000658. The molecule has 0 nitrogen and oxygen atoms in total. The van der Waals surface area contributed by atoms with Gasteiger partial charge >= 0.3 is 0 Å². The second kappa shape index (κ2) is 29.1. The number of hydrogen-bond donors (Lipinski definition) is 0. The summed E-state index contributed by atoms with van der Waals surface area (Å²) in [6, 6.07) is 0. The highest BCUT2D eigenvalue weighted by atomic mass is 14.5. The van der Waals surface area contributed by atoms with Gasteiger partial charge in [0.1, 0.15) is 0 Å². The summed E-state index contributed by atoms with van der Waals surface area (Å²) < 4.78 is 0. The molecule has 0 heterocycles. The van der Waals surface area contributed by atoms with Crippen LogP contribution in [0.15, 0.2) is 24.3 Å². The summed E-state index contributed by atoms with van der Waals surface area (Å²) in [4.78, 5) is 0. The lowest BCUT2D eigenvalue weighted by Gasteiger charge is -2.25. The molecular weight excluding hydrogens is 577 g/mol. The van der Waals surface area contributed by atoms with E-state index < -0.39 is 0 Å². The summed E-state index contributed by atoms with van der Waals surface area (Å²) in [6.07, 6.45) is 42.2. The van der Waals surface area contributed by atoms with Gasteiger partial charge in [0.2, 0.25) is 0 Å². The Morgan fingerprint density at radius 1 is 0.396 bits per heavy atom. The fraction of sp³-hybridized carbons (Fsp3) is 0.917. The fourth-order valence-corrected chi connectivity index (χ4v) is 9.60. The van der Waals surface area contributed by atoms with E-state index in [1.54, 1.807) is 96.3 Å². The van der Waals surface area contributed by atoms with Gasteiger partial charge in [-0.3, -0.25) is 0 Å². The van der Waals surface area contributed by atoms with E-state index in [2.05, 4.69) is 13.2 Å². The van der Waals surface area contributed by atoms with Crippen molar-refractivity contribution in [2.75, 3.05) is 0 Å². The van der Waals surface area contributed by atoms with Gasteiger partial charge in [0.25, 0.3) is 0 Å². The molecule has 0 heteroatoms. The maximum Gasteiger partial charge on any atom is -0.0294 e. The first kappa shape index (κ1) is 47.5. The number of rotatable bonds is 4. The summed E-state index contributed by atoms with van der Waals surface area (Å²) in [5.41, 5.74) is 4.69. The van der Waals surface area contributed by atoms with Crippen LogP contribution in [0.25, 0.3) is 0 Å². The Hall–Kier alpha value is -0.520. The fourth-order valence-electron chi connectivity index (χ4n) is 9.60. The maximum atomic E-state index is 4.08. The van der Waals surface area contributed by atoms with Gasteiger partial charge in [0.05, 0.1) is 0 Å². The van der Waals surface area contributed by atoms with Crippen LogP contribution in [0, 0.1) is 34.5 Å². The van der Waals surface area contributed by atoms with Crippen molar-refractivity contribution in [2.24, 2.45) is 34.5 Å². The lowest BCUT2D eigenvalue weighted by molar-refractivity contribution is 0.260. The number of hydrogen-bond acceptors (Lipinski definition) is 0. The van der Waals surface area contributed by atoms with Crippen LogP contribution in [-0.2, 0) is 0 Å².